The maximum Gasteiger partial charge on any atom is 0.407 e. The summed E-state index contributed by atoms with van der Waals surface area (Å²) < 4.78 is 26.0. The lowest BCUT2D eigenvalue weighted by Gasteiger charge is -2.23. The Bertz CT molecular complexity index is 393. The van der Waals surface area contributed by atoms with Crippen LogP contribution in [0, 0.1) is 0 Å². The van der Waals surface area contributed by atoms with Crippen molar-refractivity contribution in [1.29, 1.82) is 0 Å². The molecule has 0 aromatic heterocycles. The molecule has 0 aromatic rings. The number of esters is 1. The molecule has 1 aliphatic rings. The highest BCUT2D eigenvalue weighted by molar-refractivity contribution is 5.76. The number of carbonyl (C=O) groups excluding carboxylic acids is 2. The molecule has 4 atom stereocenters. The molecule has 1 aliphatic heterocycles. The van der Waals surface area contributed by atoms with Gasteiger partial charge in [0.05, 0.1) is 7.11 Å². The van der Waals surface area contributed by atoms with E-state index in [2.05, 4.69) is 10.1 Å². The zero-order chi connectivity index (χ0) is 16.9. The fourth-order valence-electron chi connectivity index (χ4n) is 2.24. The Balaban J connectivity index is 2.66. The molecule has 128 valence electrons. The van der Waals surface area contributed by atoms with Crippen LogP contribution in [0.5, 0.6) is 0 Å². The first-order valence-corrected chi connectivity index (χ1v) is 6.99. The molecule has 0 saturated carbocycles. The summed E-state index contributed by atoms with van der Waals surface area (Å²) in [6, 6.07) is 0. The van der Waals surface area contributed by atoms with Crippen LogP contribution in [0.25, 0.3) is 0 Å². The van der Waals surface area contributed by atoms with Crippen LogP contribution in [0.3, 0.4) is 0 Å². The summed E-state index contributed by atoms with van der Waals surface area (Å²) >= 11 is 0. The molecular weight excluding hydrogens is 294 g/mol. The SMILES string of the molecule is COC(=O)[C@@H]1OC(CNC(=O)OC(C)(C)C)[C@@H](OC)[C@@H]1OC. The molecule has 8 nitrogen and oxygen atoms in total. The van der Waals surface area contributed by atoms with E-state index in [1.807, 2.05) is 0 Å². The standard InChI is InChI=1S/C14H25NO7/c1-14(2,3)22-13(17)15-7-8-9(18-4)10(19-5)11(21-8)12(16)20-6/h8-11H,7H2,1-6H3,(H,15,17)/t8?,9-,10+,11-/m1/s1. The fraction of sp³-hybridized carbons (Fsp3) is 0.857. The molecule has 0 bridgehead atoms. The van der Waals surface area contributed by atoms with Gasteiger partial charge in [0, 0.05) is 20.8 Å². The molecule has 1 unspecified atom stereocenters. The Morgan fingerprint density at radius 3 is 2.14 bits per heavy atom. The predicted octanol–water partition coefficient (Wildman–Crippen LogP) is 0.482. The van der Waals surface area contributed by atoms with Gasteiger partial charge in [-0.05, 0) is 20.8 Å². The third-order valence-corrected chi connectivity index (χ3v) is 3.13. The van der Waals surface area contributed by atoms with E-state index in [-0.39, 0.29) is 6.54 Å². The number of nitrogens with one attached hydrogen (secondary N) is 1. The van der Waals surface area contributed by atoms with Gasteiger partial charge in [-0.15, -0.1) is 0 Å². The van der Waals surface area contributed by atoms with E-state index in [1.165, 1.54) is 21.3 Å². The maximum atomic E-state index is 11.7. The van der Waals surface area contributed by atoms with E-state index in [9.17, 15) is 9.59 Å². The molecule has 0 spiro atoms. The van der Waals surface area contributed by atoms with Crippen LogP contribution in [0.15, 0.2) is 0 Å². The monoisotopic (exact) mass is 319 g/mol. The third kappa shape index (κ3) is 4.82. The largest absolute Gasteiger partial charge is 0.467 e. The number of hydrogen-bond acceptors (Lipinski definition) is 7. The summed E-state index contributed by atoms with van der Waals surface area (Å²) in [4.78, 5) is 23.4. The molecule has 1 amide bonds. The van der Waals surface area contributed by atoms with E-state index in [1.54, 1.807) is 20.8 Å². The van der Waals surface area contributed by atoms with Crippen molar-refractivity contribution in [2.24, 2.45) is 0 Å². The minimum Gasteiger partial charge on any atom is -0.467 e. The average molecular weight is 319 g/mol. The molecule has 8 heteroatoms. The summed E-state index contributed by atoms with van der Waals surface area (Å²) in [5.41, 5.74) is -0.592. The van der Waals surface area contributed by atoms with Crippen molar-refractivity contribution in [2.75, 3.05) is 27.9 Å². The van der Waals surface area contributed by atoms with Crippen molar-refractivity contribution in [2.45, 2.75) is 50.8 Å². The molecule has 1 saturated heterocycles. The lowest BCUT2D eigenvalue weighted by atomic mass is 10.1. The Hall–Kier alpha value is -1.38. The van der Waals surface area contributed by atoms with Gasteiger partial charge in [-0.25, -0.2) is 9.59 Å². The predicted molar refractivity (Wildman–Crippen MR) is 76.5 cm³/mol. The van der Waals surface area contributed by atoms with Crippen LogP contribution in [0.4, 0.5) is 4.79 Å². The lowest BCUT2D eigenvalue weighted by Crippen LogP contribution is -2.43. The first-order valence-electron chi connectivity index (χ1n) is 6.99. The zero-order valence-corrected chi connectivity index (χ0v) is 13.9. The second kappa shape index (κ2) is 7.75. The molecule has 1 rings (SSSR count). The molecule has 0 aromatic carbocycles. The van der Waals surface area contributed by atoms with Crippen LogP contribution in [-0.4, -0.2) is 70.0 Å². The van der Waals surface area contributed by atoms with Gasteiger partial charge in [0.25, 0.3) is 0 Å². The quantitative estimate of drug-likeness (QED) is 0.737. The Morgan fingerprint density at radius 2 is 1.68 bits per heavy atom. The molecule has 0 radical (unpaired) electrons. The number of amides is 1. The number of methoxy groups -OCH3 is 3. The first kappa shape index (κ1) is 18.7. The zero-order valence-electron chi connectivity index (χ0n) is 13.9. The van der Waals surface area contributed by atoms with Crippen molar-refractivity contribution in [1.82, 2.24) is 5.32 Å². The topological polar surface area (TPSA) is 92.3 Å². The smallest absolute Gasteiger partial charge is 0.407 e. The van der Waals surface area contributed by atoms with Crippen molar-refractivity contribution in [3.8, 4) is 0 Å². The van der Waals surface area contributed by atoms with Crippen molar-refractivity contribution in [3.05, 3.63) is 0 Å². The normalized spacial score (nSPS) is 28.3. The van der Waals surface area contributed by atoms with Gasteiger partial charge in [0.1, 0.15) is 23.9 Å². The fourth-order valence-corrected chi connectivity index (χ4v) is 2.24. The number of rotatable bonds is 5. The summed E-state index contributed by atoms with van der Waals surface area (Å²) in [7, 11) is 4.21. The van der Waals surface area contributed by atoms with Crippen LogP contribution in [0.2, 0.25) is 0 Å². The Kier molecular flexibility index (Phi) is 6.58. The van der Waals surface area contributed by atoms with Gasteiger partial charge in [-0.1, -0.05) is 0 Å². The number of alkyl carbamates (subject to hydrolysis) is 1. The van der Waals surface area contributed by atoms with Crippen LogP contribution in [-0.2, 0) is 28.5 Å². The van der Waals surface area contributed by atoms with Crippen molar-refractivity contribution >= 4 is 12.1 Å². The second-order valence-corrected chi connectivity index (χ2v) is 5.90. The van der Waals surface area contributed by atoms with Crippen LogP contribution >= 0.6 is 0 Å². The molecular formula is C14H25NO7. The highest BCUT2D eigenvalue weighted by Gasteiger charge is 2.49. The molecule has 22 heavy (non-hydrogen) atoms. The molecule has 1 heterocycles. The van der Waals surface area contributed by atoms with Crippen LogP contribution < -0.4 is 5.32 Å². The van der Waals surface area contributed by atoms with Crippen molar-refractivity contribution < 1.29 is 33.3 Å². The summed E-state index contributed by atoms with van der Waals surface area (Å²) in [6.07, 6.45) is -3.13. The minimum absolute atomic E-state index is 0.126. The van der Waals surface area contributed by atoms with Gasteiger partial charge >= 0.3 is 12.1 Å². The van der Waals surface area contributed by atoms with Gasteiger partial charge in [-0.2, -0.15) is 0 Å². The van der Waals surface area contributed by atoms with Gasteiger partial charge < -0.3 is 29.0 Å². The number of hydrogen-bond donors (Lipinski definition) is 1. The first-order chi connectivity index (χ1) is 10.2. The Labute approximate surface area is 130 Å². The number of ether oxygens (including phenoxy) is 5. The van der Waals surface area contributed by atoms with E-state index in [0.717, 1.165) is 0 Å². The van der Waals surface area contributed by atoms with E-state index in [0.29, 0.717) is 0 Å². The second-order valence-electron chi connectivity index (χ2n) is 5.90. The summed E-state index contributed by atoms with van der Waals surface area (Å²) in [5.74, 6) is -0.548. The van der Waals surface area contributed by atoms with Gasteiger partial charge in [-0.3, -0.25) is 0 Å². The van der Waals surface area contributed by atoms with Gasteiger partial charge in [0.15, 0.2) is 6.10 Å². The third-order valence-electron chi connectivity index (χ3n) is 3.13. The summed E-state index contributed by atoms with van der Waals surface area (Å²) in [6.45, 7) is 5.43. The van der Waals surface area contributed by atoms with Gasteiger partial charge in [0.2, 0.25) is 0 Å². The highest BCUT2D eigenvalue weighted by Crippen LogP contribution is 2.26. The Morgan fingerprint density at radius 1 is 1.09 bits per heavy atom. The summed E-state index contributed by atoms with van der Waals surface area (Å²) in [5, 5.41) is 2.59. The lowest BCUT2D eigenvalue weighted by molar-refractivity contribution is -0.158. The van der Waals surface area contributed by atoms with E-state index < -0.39 is 42.1 Å². The van der Waals surface area contributed by atoms with E-state index in [4.69, 9.17) is 18.9 Å². The maximum absolute atomic E-state index is 11.7. The molecule has 0 aliphatic carbocycles. The highest BCUT2D eigenvalue weighted by atomic mass is 16.6. The van der Waals surface area contributed by atoms with E-state index >= 15 is 0 Å². The average Bonchev–Trinajstić information content (AvgIpc) is 2.79. The minimum atomic E-state index is -0.898. The molecule has 1 N–H and O–H groups in total. The van der Waals surface area contributed by atoms with Crippen LogP contribution in [0.1, 0.15) is 20.8 Å². The van der Waals surface area contributed by atoms with Crippen molar-refractivity contribution in [3.63, 3.8) is 0 Å². The molecule has 1 fully saturated rings. The number of carbonyl (C=O) groups is 2.